The Hall–Kier alpha value is -2.30. The highest BCUT2D eigenvalue weighted by Crippen LogP contribution is 2.27. The molecule has 0 aliphatic carbocycles. The van der Waals surface area contributed by atoms with Crippen molar-refractivity contribution in [3.63, 3.8) is 0 Å². The van der Waals surface area contributed by atoms with Crippen LogP contribution in [0.15, 0.2) is 35.6 Å². The highest BCUT2D eigenvalue weighted by Gasteiger charge is 2.05. The van der Waals surface area contributed by atoms with Crippen LogP contribution in [0.5, 0.6) is 5.75 Å². The van der Waals surface area contributed by atoms with Crippen molar-refractivity contribution < 1.29 is 9.57 Å². The summed E-state index contributed by atoms with van der Waals surface area (Å²) in [5, 5.41) is 8.23. The van der Waals surface area contributed by atoms with Crippen molar-refractivity contribution in [2.75, 3.05) is 26.1 Å². The molecular formula is C16H21N3O2. The number of methoxy groups -OCH3 is 1. The second-order valence-electron chi connectivity index (χ2n) is 4.64. The van der Waals surface area contributed by atoms with E-state index >= 15 is 0 Å². The molecule has 0 unspecified atom stereocenters. The number of benzene rings is 1. The van der Waals surface area contributed by atoms with E-state index in [0.717, 1.165) is 48.1 Å². The standard InChI is InChI=1S/C16H21N3O2/c1-20-14-11-13-7-6-9-18-16(13)15(12-14)17-8-4-3-5-10-19-21-2/h6-7,9-12,17H,3-5,8H2,1-2H3/b19-10+. The van der Waals surface area contributed by atoms with E-state index < -0.39 is 0 Å². The highest BCUT2D eigenvalue weighted by atomic mass is 16.6. The van der Waals surface area contributed by atoms with Crippen LogP contribution < -0.4 is 10.1 Å². The second kappa shape index (κ2) is 8.09. The van der Waals surface area contributed by atoms with Crippen molar-refractivity contribution in [3.05, 3.63) is 30.5 Å². The van der Waals surface area contributed by atoms with Gasteiger partial charge in [0, 0.05) is 30.4 Å². The van der Waals surface area contributed by atoms with E-state index in [0.29, 0.717) is 0 Å². The minimum Gasteiger partial charge on any atom is -0.497 e. The molecule has 0 atom stereocenters. The summed E-state index contributed by atoms with van der Waals surface area (Å²) in [6, 6.07) is 7.95. The SMILES string of the molecule is CO/N=C/CCCCNc1cc(OC)cc2cccnc12. The number of unbranched alkanes of at least 4 members (excludes halogenated alkanes) is 2. The molecule has 0 amide bonds. The maximum absolute atomic E-state index is 5.34. The summed E-state index contributed by atoms with van der Waals surface area (Å²) in [4.78, 5) is 9.06. The van der Waals surface area contributed by atoms with E-state index in [4.69, 9.17) is 4.74 Å². The molecule has 2 aromatic rings. The third-order valence-electron chi connectivity index (χ3n) is 3.17. The summed E-state index contributed by atoms with van der Waals surface area (Å²) in [5.74, 6) is 0.838. The van der Waals surface area contributed by atoms with Gasteiger partial charge in [-0.3, -0.25) is 4.98 Å². The van der Waals surface area contributed by atoms with Crippen molar-refractivity contribution in [1.29, 1.82) is 0 Å². The minimum absolute atomic E-state index is 0.838. The van der Waals surface area contributed by atoms with Gasteiger partial charge in [-0.25, -0.2) is 0 Å². The fourth-order valence-electron chi connectivity index (χ4n) is 2.13. The third kappa shape index (κ3) is 4.34. The largest absolute Gasteiger partial charge is 0.497 e. The zero-order valence-electron chi connectivity index (χ0n) is 12.5. The molecule has 112 valence electrons. The topological polar surface area (TPSA) is 55.7 Å². The average molecular weight is 287 g/mol. The van der Waals surface area contributed by atoms with Gasteiger partial charge in [0.25, 0.3) is 0 Å². The number of ether oxygens (including phenoxy) is 1. The summed E-state index contributed by atoms with van der Waals surface area (Å²) in [6.07, 6.45) is 6.65. The maximum Gasteiger partial charge on any atom is 0.121 e. The van der Waals surface area contributed by atoms with E-state index in [1.807, 2.05) is 24.3 Å². The van der Waals surface area contributed by atoms with E-state index in [2.05, 4.69) is 20.3 Å². The van der Waals surface area contributed by atoms with Gasteiger partial charge in [-0.05, 0) is 31.4 Å². The summed E-state index contributed by atoms with van der Waals surface area (Å²) in [7, 11) is 3.23. The molecule has 0 saturated carbocycles. The normalized spacial score (nSPS) is 11.0. The quantitative estimate of drug-likeness (QED) is 0.459. The maximum atomic E-state index is 5.34. The number of nitrogens with zero attached hydrogens (tertiary/aromatic N) is 2. The Labute approximate surface area is 125 Å². The fourth-order valence-corrected chi connectivity index (χ4v) is 2.13. The Kier molecular flexibility index (Phi) is 5.82. The number of nitrogens with one attached hydrogen (secondary N) is 1. The van der Waals surface area contributed by atoms with Gasteiger partial charge in [-0.1, -0.05) is 11.2 Å². The number of hydrogen-bond donors (Lipinski definition) is 1. The molecule has 1 aromatic carbocycles. The molecule has 0 fully saturated rings. The number of rotatable bonds is 8. The molecule has 21 heavy (non-hydrogen) atoms. The van der Waals surface area contributed by atoms with E-state index in [9.17, 15) is 0 Å². The van der Waals surface area contributed by atoms with Crippen LogP contribution in [0.1, 0.15) is 19.3 Å². The van der Waals surface area contributed by atoms with Crippen LogP contribution in [0.2, 0.25) is 0 Å². The molecule has 0 radical (unpaired) electrons. The summed E-state index contributed by atoms with van der Waals surface area (Å²) < 4.78 is 5.34. The van der Waals surface area contributed by atoms with Crippen molar-refractivity contribution in [3.8, 4) is 5.75 Å². The lowest BCUT2D eigenvalue weighted by Crippen LogP contribution is -2.03. The van der Waals surface area contributed by atoms with E-state index in [-0.39, 0.29) is 0 Å². The zero-order valence-corrected chi connectivity index (χ0v) is 12.5. The van der Waals surface area contributed by atoms with Gasteiger partial charge in [-0.2, -0.15) is 0 Å². The highest BCUT2D eigenvalue weighted by molar-refractivity contribution is 5.91. The first-order valence-electron chi connectivity index (χ1n) is 7.07. The monoisotopic (exact) mass is 287 g/mol. The van der Waals surface area contributed by atoms with Gasteiger partial charge < -0.3 is 14.9 Å². The van der Waals surface area contributed by atoms with Crippen LogP contribution >= 0.6 is 0 Å². The third-order valence-corrected chi connectivity index (χ3v) is 3.17. The Morgan fingerprint density at radius 3 is 3.00 bits per heavy atom. The van der Waals surface area contributed by atoms with Gasteiger partial charge >= 0.3 is 0 Å². The molecule has 0 aliphatic heterocycles. The predicted molar refractivity (Wildman–Crippen MR) is 86.1 cm³/mol. The summed E-state index contributed by atoms with van der Waals surface area (Å²) >= 11 is 0. The Morgan fingerprint density at radius 1 is 1.29 bits per heavy atom. The van der Waals surface area contributed by atoms with Crippen molar-refractivity contribution in [2.45, 2.75) is 19.3 Å². The van der Waals surface area contributed by atoms with Gasteiger partial charge in [0.2, 0.25) is 0 Å². The molecule has 0 aliphatic rings. The first kappa shape index (κ1) is 15.1. The second-order valence-corrected chi connectivity index (χ2v) is 4.64. The lowest BCUT2D eigenvalue weighted by molar-refractivity contribution is 0.214. The molecule has 2 rings (SSSR count). The van der Waals surface area contributed by atoms with Crippen LogP contribution in [0.25, 0.3) is 10.9 Å². The van der Waals surface area contributed by atoms with Crippen LogP contribution in [0, 0.1) is 0 Å². The first-order valence-corrected chi connectivity index (χ1v) is 7.07. The van der Waals surface area contributed by atoms with Crippen molar-refractivity contribution in [2.24, 2.45) is 5.16 Å². The lowest BCUT2D eigenvalue weighted by atomic mass is 10.1. The smallest absolute Gasteiger partial charge is 0.121 e. The molecule has 5 heteroatoms. The van der Waals surface area contributed by atoms with Crippen molar-refractivity contribution in [1.82, 2.24) is 4.98 Å². The van der Waals surface area contributed by atoms with Gasteiger partial charge in [0.05, 0.1) is 18.3 Å². The van der Waals surface area contributed by atoms with E-state index in [1.165, 1.54) is 0 Å². The number of fused-ring (bicyclic) bond motifs is 1. The first-order chi connectivity index (χ1) is 10.3. The molecule has 0 saturated heterocycles. The number of hydrogen-bond acceptors (Lipinski definition) is 5. The molecule has 0 spiro atoms. The molecule has 1 N–H and O–H groups in total. The summed E-state index contributed by atoms with van der Waals surface area (Å²) in [6.45, 7) is 0.889. The number of anilines is 1. The van der Waals surface area contributed by atoms with Gasteiger partial charge in [-0.15, -0.1) is 0 Å². The van der Waals surface area contributed by atoms with Crippen LogP contribution in [-0.4, -0.2) is 32.0 Å². The molecular weight excluding hydrogens is 266 g/mol. The number of aromatic nitrogens is 1. The predicted octanol–water partition coefficient (Wildman–Crippen LogP) is 3.46. The minimum atomic E-state index is 0.838. The average Bonchev–Trinajstić information content (AvgIpc) is 2.53. The van der Waals surface area contributed by atoms with Gasteiger partial charge in [0.15, 0.2) is 0 Å². The molecule has 1 heterocycles. The summed E-state index contributed by atoms with van der Waals surface area (Å²) in [5.41, 5.74) is 1.98. The fraction of sp³-hybridized carbons (Fsp3) is 0.375. The zero-order chi connectivity index (χ0) is 14.9. The lowest BCUT2D eigenvalue weighted by Gasteiger charge is -2.11. The molecule has 5 nitrogen and oxygen atoms in total. The number of oxime groups is 1. The van der Waals surface area contributed by atoms with Crippen LogP contribution in [-0.2, 0) is 4.84 Å². The number of pyridine rings is 1. The van der Waals surface area contributed by atoms with E-state index in [1.54, 1.807) is 26.6 Å². The Morgan fingerprint density at radius 2 is 2.19 bits per heavy atom. The Balaban J connectivity index is 1.96. The Bertz CT molecular complexity index is 599. The van der Waals surface area contributed by atoms with Crippen LogP contribution in [0.3, 0.4) is 0 Å². The molecule has 0 bridgehead atoms. The van der Waals surface area contributed by atoms with Crippen molar-refractivity contribution >= 4 is 22.8 Å². The van der Waals surface area contributed by atoms with Crippen LogP contribution in [0.4, 0.5) is 5.69 Å². The van der Waals surface area contributed by atoms with Gasteiger partial charge in [0.1, 0.15) is 12.9 Å². The molecule has 1 aromatic heterocycles.